The van der Waals surface area contributed by atoms with Gasteiger partial charge in [-0.1, -0.05) is 48.5 Å². The number of allylic oxidation sites excluding steroid dienone is 1. The first-order chi connectivity index (χ1) is 15.7. The highest BCUT2D eigenvalue weighted by molar-refractivity contribution is 6.74. The number of hydrogen-bond donors (Lipinski definition) is 0. The Morgan fingerprint density at radius 2 is 1.52 bits per heavy atom. The van der Waals surface area contributed by atoms with Crippen molar-refractivity contribution >= 4 is 28.4 Å². The monoisotopic (exact) mass is 491 g/mol. The average molecular weight is 492 g/mol. The number of carbonyl (C=O) groups is 1. The molecule has 3 rings (SSSR count). The van der Waals surface area contributed by atoms with Gasteiger partial charge in [-0.2, -0.15) is 0 Å². The van der Waals surface area contributed by atoms with Crippen LogP contribution < -0.4 is 5.56 Å². The van der Waals surface area contributed by atoms with Crippen LogP contribution in [-0.2, 0) is 37.1 Å². The third-order valence-corrected chi connectivity index (χ3v) is 17.5. The molecule has 0 unspecified atom stereocenters. The maximum absolute atomic E-state index is 13.6. The summed E-state index contributed by atoms with van der Waals surface area (Å²) in [6.07, 6.45) is 2.46. The highest BCUT2D eigenvalue weighted by Gasteiger charge is 2.52. The van der Waals surface area contributed by atoms with E-state index in [0.717, 1.165) is 47.7 Å². The van der Waals surface area contributed by atoms with Gasteiger partial charge >= 0.3 is 5.97 Å². The molecule has 0 fully saturated rings. The molecule has 0 spiro atoms. The minimum atomic E-state index is -2.17. The van der Waals surface area contributed by atoms with Crippen LogP contribution in [0.1, 0.15) is 71.7 Å². The molecule has 1 aromatic rings. The van der Waals surface area contributed by atoms with Gasteiger partial charge in [0.05, 0.1) is 11.3 Å². The minimum Gasteiger partial charge on any atom is -0.542 e. The van der Waals surface area contributed by atoms with Crippen LogP contribution in [0.15, 0.2) is 16.9 Å². The van der Waals surface area contributed by atoms with E-state index < -0.39 is 22.2 Å². The van der Waals surface area contributed by atoms with Gasteiger partial charge in [0.25, 0.3) is 13.9 Å². The first-order valence-corrected chi connectivity index (χ1v) is 17.8. The number of hydrogen-bond acceptors (Lipinski definition) is 5. The number of rotatable bonds is 11. The SMILES string of the molecule is CC[C@@]1(O[Si](CC)(CC)CC)C(=O)OCc2c1cc1n(c2=O)CC=C1O[Si](CC)(CC)CC. The topological polar surface area (TPSA) is 66.8 Å². The van der Waals surface area contributed by atoms with Crippen LogP contribution in [0.2, 0.25) is 36.3 Å². The fourth-order valence-electron chi connectivity index (χ4n) is 5.35. The molecule has 2 aliphatic heterocycles. The summed E-state index contributed by atoms with van der Waals surface area (Å²) in [6.45, 7) is 15.5. The molecule has 0 aromatic carbocycles. The maximum Gasteiger partial charge on any atom is 0.342 e. The molecular formula is C25H41NO5Si2. The third-order valence-electron chi connectivity index (χ3n) is 8.31. The summed E-state index contributed by atoms with van der Waals surface area (Å²) < 4.78 is 20.9. The standard InChI is InChI=1S/C25H41NO5Si2/c1-8-25(31-33(12-5,13-6)14-7)20-17-21-22(30-32(9-2,10-3)11-4)15-16-26(21)23(27)19(20)18-29-24(25)28/h15,17H,8-14,16,18H2,1-7H3/t25-/m0/s1. The van der Waals surface area contributed by atoms with Crippen LogP contribution >= 0.6 is 0 Å². The Hall–Kier alpha value is -1.65. The van der Waals surface area contributed by atoms with E-state index in [2.05, 4.69) is 41.5 Å². The predicted molar refractivity (Wildman–Crippen MR) is 137 cm³/mol. The molecule has 1 aromatic heterocycles. The Labute approximate surface area is 200 Å². The number of fused-ring (bicyclic) bond motifs is 2. The summed E-state index contributed by atoms with van der Waals surface area (Å²) in [7, 11) is -4.09. The zero-order chi connectivity index (χ0) is 24.4. The first-order valence-electron chi connectivity index (χ1n) is 12.8. The molecule has 0 amide bonds. The maximum atomic E-state index is 13.6. The van der Waals surface area contributed by atoms with Gasteiger partial charge in [-0.05, 0) is 54.8 Å². The van der Waals surface area contributed by atoms with Crippen molar-refractivity contribution in [2.75, 3.05) is 0 Å². The molecule has 6 nitrogen and oxygen atoms in total. The largest absolute Gasteiger partial charge is 0.542 e. The Balaban J connectivity index is 2.17. The second kappa shape index (κ2) is 9.92. The van der Waals surface area contributed by atoms with E-state index in [1.807, 2.05) is 19.1 Å². The van der Waals surface area contributed by atoms with Crippen LogP contribution in [0.25, 0.3) is 5.76 Å². The molecule has 2 aliphatic rings. The number of pyridine rings is 1. The van der Waals surface area contributed by atoms with Crippen molar-refractivity contribution in [1.82, 2.24) is 4.57 Å². The van der Waals surface area contributed by atoms with Gasteiger partial charge in [0.15, 0.2) is 13.9 Å². The van der Waals surface area contributed by atoms with Gasteiger partial charge in [0.1, 0.15) is 12.4 Å². The number of esters is 1. The summed E-state index contributed by atoms with van der Waals surface area (Å²) in [5.41, 5.74) is 0.696. The van der Waals surface area contributed by atoms with Crippen LogP contribution in [-0.4, -0.2) is 27.2 Å². The molecule has 33 heavy (non-hydrogen) atoms. The predicted octanol–water partition coefficient (Wildman–Crippen LogP) is 5.91. The van der Waals surface area contributed by atoms with Gasteiger partial charge in [-0.15, -0.1) is 0 Å². The van der Waals surface area contributed by atoms with Crippen molar-refractivity contribution < 1.29 is 18.4 Å². The summed E-state index contributed by atoms with van der Waals surface area (Å²) in [5.74, 6) is 0.430. The average Bonchev–Trinajstić information content (AvgIpc) is 3.25. The molecule has 8 heteroatoms. The Kier molecular flexibility index (Phi) is 7.80. The van der Waals surface area contributed by atoms with Gasteiger partial charge in [-0.3, -0.25) is 4.79 Å². The van der Waals surface area contributed by atoms with E-state index in [1.54, 1.807) is 4.57 Å². The highest BCUT2D eigenvalue weighted by atomic mass is 28.4. The third kappa shape index (κ3) is 4.19. The summed E-state index contributed by atoms with van der Waals surface area (Å²) in [4.78, 5) is 26.9. The number of cyclic esters (lactones) is 1. The molecule has 0 aliphatic carbocycles. The van der Waals surface area contributed by atoms with Gasteiger partial charge in [0.2, 0.25) is 0 Å². The Morgan fingerprint density at radius 3 is 2.03 bits per heavy atom. The van der Waals surface area contributed by atoms with E-state index in [0.29, 0.717) is 24.1 Å². The van der Waals surface area contributed by atoms with Crippen molar-refractivity contribution in [3.05, 3.63) is 39.3 Å². The van der Waals surface area contributed by atoms with E-state index in [9.17, 15) is 9.59 Å². The number of carbonyl (C=O) groups excluding carboxylic acids is 1. The fraction of sp³-hybridized carbons (Fsp3) is 0.680. The zero-order valence-electron chi connectivity index (χ0n) is 21.5. The molecular weight excluding hydrogens is 450 g/mol. The normalized spacial score (nSPS) is 20.2. The van der Waals surface area contributed by atoms with E-state index in [1.165, 1.54) is 0 Å². The fourth-order valence-corrected chi connectivity index (χ4v) is 10.9. The smallest absolute Gasteiger partial charge is 0.342 e. The molecule has 0 N–H and O–H groups in total. The van der Waals surface area contributed by atoms with E-state index in [4.69, 9.17) is 13.6 Å². The van der Waals surface area contributed by atoms with Crippen LogP contribution in [0.3, 0.4) is 0 Å². The molecule has 1 atom stereocenters. The number of ether oxygens (including phenoxy) is 1. The summed E-state index contributed by atoms with van der Waals surface area (Å²) in [6, 6.07) is 7.83. The van der Waals surface area contributed by atoms with Crippen molar-refractivity contribution in [2.45, 2.75) is 110 Å². The van der Waals surface area contributed by atoms with Gasteiger partial charge < -0.3 is 18.2 Å². The molecule has 184 valence electrons. The van der Waals surface area contributed by atoms with E-state index >= 15 is 0 Å². The molecule has 0 saturated heterocycles. The van der Waals surface area contributed by atoms with Crippen molar-refractivity contribution in [2.24, 2.45) is 0 Å². The lowest BCUT2D eigenvalue weighted by molar-refractivity contribution is -0.170. The van der Waals surface area contributed by atoms with E-state index in [-0.39, 0.29) is 18.1 Å². The summed E-state index contributed by atoms with van der Waals surface area (Å²) >= 11 is 0. The second-order valence-electron chi connectivity index (χ2n) is 9.35. The lowest BCUT2D eigenvalue weighted by Gasteiger charge is -2.43. The molecule has 0 saturated carbocycles. The molecule has 0 radical (unpaired) electrons. The van der Waals surface area contributed by atoms with Crippen LogP contribution in [0, 0.1) is 0 Å². The van der Waals surface area contributed by atoms with Crippen molar-refractivity contribution in [3.8, 4) is 0 Å². The van der Waals surface area contributed by atoms with Gasteiger partial charge in [-0.25, -0.2) is 4.79 Å². The lowest BCUT2D eigenvalue weighted by Crippen LogP contribution is -2.53. The van der Waals surface area contributed by atoms with Crippen LogP contribution in [0.5, 0.6) is 0 Å². The quantitative estimate of drug-likeness (QED) is 0.284. The van der Waals surface area contributed by atoms with Crippen LogP contribution in [0.4, 0.5) is 0 Å². The van der Waals surface area contributed by atoms with Crippen molar-refractivity contribution in [3.63, 3.8) is 0 Å². The number of aromatic nitrogens is 1. The Morgan fingerprint density at radius 1 is 0.939 bits per heavy atom. The van der Waals surface area contributed by atoms with Crippen molar-refractivity contribution in [1.29, 1.82) is 0 Å². The highest BCUT2D eigenvalue weighted by Crippen LogP contribution is 2.43. The lowest BCUT2D eigenvalue weighted by atomic mass is 9.86. The summed E-state index contributed by atoms with van der Waals surface area (Å²) in [5, 5.41) is 0. The Bertz CT molecular complexity index is 961. The van der Waals surface area contributed by atoms with Gasteiger partial charge in [0, 0.05) is 12.1 Å². The molecule has 0 bridgehead atoms. The number of nitrogens with zero attached hydrogens (tertiary/aromatic N) is 1. The first kappa shape index (κ1) is 26.0. The molecule has 3 heterocycles. The minimum absolute atomic E-state index is 0.00504. The zero-order valence-corrected chi connectivity index (χ0v) is 23.5. The second-order valence-corrected chi connectivity index (χ2v) is 18.7.